The number of aromatic nitrogens is 1. The second-order valence-corrected chi connectivity index (χ2v) is 9.24. The third kappa shape index (κ3) is 4.04. The summed E-state index contributed by atoms with van der Waals surface area (Å²) in [7, 11) is -3.66. The van der Waals surface area contributed by atoms with Crippen LogP contribution >= 0.6 is 11.8 Å². The first-order chi connectivity index (χ1) is 12.8. The molecule has 0 unspecified atom stereocenters. The SMILES string of the molecule is CSc1ccccc1NC(=O)C1CCN(S(=O)(=O)c2c(C)noc2C)CC1. The summed E-state index contributed by atoms with van der Waals surface area (Å²) in [6.45, 7) is 3.81. The lowest BCUT2D eigenvalue weighted by Gasteiger charge is -2.30. The Morgan fingerprint density at radius 2 is 1.93 bits per heavy atom. The van der Waals surface area contributed by atoms with E-state index in [0.29, 0.717) is 37.4 Å². The van der Waals surface area contributed by atoms with E-state index in [4.69, 9.17) is 4.52 Å². The van der Waals surface area contributed by atoms with Gasteiger partial charge in [0.1, 0.15) is 10.6 Å². The maximum atomic E-state index is 12.9. The van der Waals surface area contributed by atoms with Gasteiger partial charge in [-0.05, 0) is 45.1 Å². The molecule has 0 saturated carbocycles. The highest BCUT2D eigenvalue weighted by atomic mass is 32.2. The zero-order chi connectivity index (χ0) is 19.6. The van der Waals surface area contributed by atoms with Crippen LogP contribution in [0.15, 0.2) is 38.6 Å². The normalized spacial score (nSPS) is 16.4. The van der Waals surface area contributed by atoms with E-state index in [2.05, 4.69) is 10.5 Å². The Bertz CT molecular complexity index is 912. The van der Waals surface area contributed by atoms with Crippen LogP contribution in [0.4, 0.5) is 5.69 Å². The number of hydrogen-bond donors (Lipinski definition) is 1. The summed E-state index contributed by atoms with van der Waals surface area (Å²) in [4.78, 5) is 13.8. The maximum absolute atomic E-state index is 12.9. The van der Waals surface area contributed by atoms with Gasteiger partial charge in [0, 0.05) is 23.9 Å². The van der Waals surface area contributed by atoms with Crippen molar-refractivity contribution in [3.63, 3.8) is 0 Å². The highest BCUT2D eigenvalue weighted by Gasteiger charge is 2.35. The van der Waals surface area contributed by atoms with Gasteiger partial charge in [-0.2, -0.15) is 4.31 Å². The fourth-order valence-corrected chi connectivity index (χ4v) is 5.63. The largest absolute Gasteiger partial charge is 0.360 e. The zero-order valence-electron chi connectivity index (χ0n) is 15.6. The number of para-hydroxylation sites is 1. The second-order valence-electron chi connectivity index (χ2n) is 6.52. The van der Waals surface area contributed by atoms with Crippen LogP contribution in [-0.2, 0) is 14.8 Å². The fourth-order valence-electron chi connectivity index (χ4n) is 3.31. The predicted molar refractivity (Wildman–Crippen MR) is 104 cm³/mol. The Morgan fingerprint density at radius 1 is 1.26 bits per heavy atom. The van der Waals surface area contributed by atoms with Crippen molar-refractivity contribution in [2.24, 2.45) is 5.92 Å². The number of amides is 1. The van der Waals surface area contributed by atoms with Crippen LogP contribution < -0.4 is 5.32 Å². The Labute approximate surface area is 163 Å². The molecule has 1 aliphatic rings. The van der Waals surface area contributed by atoms with Crippen molar-refractivity contribution in [3.05, 3.63) is 35.7 Å². The molecule has 0 radical (unpaired) electrons. The fraction of sp³-hybridized carbons (Fsp3) is 0.444. The van der Waals surface area contributed by atoms with Crippen molar-refractivity contribution in [1.29, 1.82) is 0 Å². The van der Waals surface area contributed by atoms with Crippen molar-refractivity contribution in [2.75, 3.05) is 24.7 Å². The molecule has 7 nitrogen and oxygen atoms in total. The van der Waals surface area contributed by atoms with E-state index in [9.17, 15) is 13.2 Å². The molecule has 146 valence electrons. The van der Waals surface area contributed by atoms with Gasteiger partial charge in [-0.15, -0.1) is 11.8 Å². The van der Waals surface area contributed by atoms with Crippen LogP contribution in [0.3, 0.4) is 0 Å². The quantitative estimate of drug-likeness (QED) is 0.763. The minimum absolute atomic E-state index is 0.0640. The van der Waals surface area contributed by atoms with E-state index < -0.39 is 10.0 Å². The Balaban J connectivity index is 1.66. The van der Waals surface area contributed by atoms with Gasteiger partial charge in [0.25, 0.3) is 0 Å². The topological polar surface area (TPSA) is 92.5 Å². The molecule has 1 fully saturated rings. The van der Waals surface area contributed by atoms with Gasteiger partial charge in [-0.3, -0.25) is 4.79 Å². The molecule has 2 aromatic rings. The van der Waals surface area contributed by atoms with Crippen LogP contribution in [0.1, 0.15) is 24.3 Å². The van der Waals surface area contributed by atoms with Crippen molar-refractivity contribution >= 4 is 33.4 Å². The highest BCUT2D eigenvalue weighted by molar-refractivity contribution is 7.98. The lowest BCUT2D eigenvalue weighted by atomic mass is 9.97. The number of carbonyl (C=O) groups excluding carboxylic acids is 1. The van der Waals surface area contributed by atoms with Crippen molar-refractivity contribution in [1.82, 2.24) is 9.46 Å². The van der Waals surface area contributed by atoms with Gasteiger partial charge in [0.2, 0.25) is 15.9 Å². The first kappa shape index (κ1) is 19.9. The first-order valence-electron chi connectivity index (χ1n) is 8.71. The van der Waals surface area contributed by atoms with E-state index >= 15 is 0 Å². The van der Waals surface area contributed by atoms with Crippen molar-refractivity contribution < 1.29 is 17.7 Å². The van der Waals surface area contributed by atoms with Crippen molar-refractivity contribution in [3.8, 4) is 0 Å². The van der Waals surface area contributed by atoms with E-state index in [0.717, 1.165) is 10.6 Å². The summed E-state index contributed by atoms with van der Waals surface area (Å²) in [5, 5.41) is 6.71. The molecular weight excluding hydrogens is 386 g/mol. The molecule has 0 aliphatic carbocycles. The molecule has 2 heterocycles. The molecule has 0 atom stereocenters. The maximum Gasteiger partial charge on any atom is 0.248 e. The summed E-state index contributed by atoms with van der Waals surface area (Å²) in [6, 6.07) is 7.65. The van der Waals surface area contributed by atoms with Crippen LogP contribution in [-0.4, -0.2) is 43.1 Å². The lowest BCUT2D eigenvalue weighted by molar-refractivity contribution is -0.120. The average molecular weight is 410 g/mol. The molecule has 27 heavy (non-hydrogen) atoms. The highest BCUT2D eigenvalue weighted by Crippen LogP contribution is 2.29. The number of aryl methyl sites for hydroxylation is 2. The van der Waals surface area contributed by atoms with E-state index in [1.807, 2.05) is 30.5 Å². The average Bonchev–Trinajstić information content (AvgIpc) is 3.01. The number of nitrogens with zero attached hydrogens (tertiary/aromatic N) is 2. The summed E-state index contributed by atoms with van der Waals surface area (Å²) in [5.74, 6) is 0.0166. The van der Waals surface area contributed by atoms with E-state index in [-0.39, 0.29) is 16.7 Å². The molecule has 0 bridgehead atoms. The Kier molecular flexibility index (Phi) is 5.92. The van der Waals surface area contributed by atoms with Crippen LogP contribution in [0.25, 0.3) is 0 Å². The molecule has 1 aromatic carbocycles. The number of piperidine rings is 1. The number of thioether (sulfide) groups is 1. The molecule has 0 spiro atoms. The van der Waals surface area contributed by atoms with E-state index in [1.54, 1.807) is 25.6 Å². The van der Waals surface area contributed by atoms with Gasteiger partial charge in [-0.1, -0.05) is 17.3 Å². The lowest BCUT2D eigenvalue weighted by Crippen LogP contribution is -2.41. The summed E-state index contributed by atoms with van der Waals surface area (Å²) in [5.41, 5.74) is 1.15. The molecule has 1 aromatic heterocycles. The van der Waals surface area contributed by atoms with Crippen LogP contribution in [0, 0.1) is 19.8 Å². The monoisotopic (exact) mass is 409 g/mol. The molecule has 9 heteroatoms. The Hall–Kier alpha value is -1.84. The molecule has 3 rings (SSSR count). The van der Waals surface area contributed by atoms with Crippen LogP contribution in [0.2, 0.25) is 0 Å². The number of rotatable bonds is 5. The van der Waals surface area contributed by atoms with E-state index in [1.165, 1.54) is 4.31 Å². The van der Waals surface area contributed by atoms with Crippen LogP contribution in [0.5, 0.6) is 0 Å². The van der Waals surface area contributed by atoms with Gasteiger partial charge in [0.15, 0.2) is 5.76 Å². The molecular formula is C18H23N3O4S2. The van der Waals surface area contributed by atoms with Gasteiger partial charge >= 0.3 is 0 Å². The number of benzene rings is 1. The predicted octanol–water partition coefficient (Wildman–Crippen LogP) is 3.05. The minimum Gasteiger partial charge on any atom is -0.360 e. The smallest absolute Gasteiger partial charge is 0.248 e. The summed E-state index contributed by atoms with van der Waals surface area (Å²) >= 11 is 1.57. The zero-order valence-corrected chi connectivity index (χ0v) is 17.2. The summed E-state index contributed by atoms with van der Waals surface area (Å²) < 4.78 is 32.1. The van der Waals surface area contributed by atoms with Gasteiger partial charge in [0.05, 0.1) is 5.69 Å². The number of hydrogen-bond acceptors (Lipinski definition) is 6. The number of anilines is 1. The minimum atomic E-state index is -3.66. The summed E-state index contributed by atoms with van der Waals surface area (Å²) in [6.07, 6.45) is 2.93. The van der Waals surface area contributed by atoms with Gasteiger partial charge < -0.3 is 9.84 Å². The number of nitrogens with one attached hydrogen (secondary N) is 1. The molecule has 1 N–H and O–H groups in total. The molecule has 1 aliphatic heterocycles. The Morgan fingerprint density at radius 3 is 2.52 bits per heavy atom. The number of carbonyl (C=O) groups is 1. The van der Waals surface area contributed by atoms with Gasteiger partial charge in [-0.25, -0.2) is 8.42 Å². The molecule has 1 amide bonds. The standard InChI is InChI=1S/C18H23N3O4S2/c1-12-17(13(2)25-20-12)27(23,24)21-10-8-14(9-11-21)18(22)19-15-6-4-5-7-16(15)26-3/h4-7,14H,8-11H2,1-3H3,(H,19,22). The molecule has 1 saturated heterocycles. The third-order valence-corrected chi connectivity index (χ3v) is 7.69. The first-order valence-corrected chi connectivity index (χ1v) is 11.4. The van der Waals surface area contributed by atoms with Crippen molar-refractivity contribution in [2.45, 2.75) is 36.5 Å². The second kappa shape index (κ2) is 8.04. The number of sulfonamides is 1. The third-order valence-electron chi connectivity index (χ3n) is 4.76.